The van der Waals surface area contributed by atoms with Gasteiger partial charge in [-0.3, -0.25) is 4.79 Å². The fraction of sp³-hybridized carbons (Fsp3) is 0.294. The van der Waals surface area contributed by atoms with Crippen molar-refractivity contribution in [3.8, 4) is 0 Å². The number of hydrogen-bond donors (Lipinski definition) is 1. The summed E-state index contributed by atoms with van der Waals surface area (Å²) in [4.78, 5) is 21.2. The summed E-state index contributed by atoms with van der Waals surface area (Å²) in [5.41, 5.74) is 1.65. The van der Waals surface area contributed by atoms with E-state index in [0.29, 0.717) is 35.6 Å². The maximum atomic E-state index is 12.9. The molecule has 1 saturated heterocycles. The molecule has 1 N–H and O–H groups in total. The number of rotatable bonds is 3. The highest BCUT2D eigenvalue weighted by Crippen LogP contribution is 2.23. The van der Waals surface area contributed by atoms with Gasteiger partial charge in [0.1, 0.15) is 5.52 Å². The Kier molecular flexibility index (Phi) is 4.04. The zero-order valence-electron chi connectivity index (χ0n) is 14.2. The van der Waals surface area contributed by atoms with Gasteiger partial charge in [-0.1, -0.05) is 0 Å². The molecule has 1 aromatic carbocycles. The van der Waals surface area contributed by atoms with Crippen molar-refractivity contribution in [1.82, 2.24) is 19.2 Å². The molecule has 136 valence electrons. The third kappa shape index (κ3) is 2.89. The van der Waals surface area contributed by atoms with Gasteiger partial charge in [0, 0.05) is 45.5 Å². The number of piperazine rings is 1. The predicted molar refractivity (Wildman–Crippen MR) is 94.2 cm³/mol. The smallest absolute Gasteiger partial charge is 0.255 e. The van der Waals surface area contributed by atoms with Gasteiger partial charge < -0.3 is 14.3 Å². The quantitative estimate of drug-likeness (QED) is 0.751. The lowest BCUT2D eigenvalue weighted by molar-refractivity contribution is 0.0698. The molecule has 0 radical (unpaired) electrons. The van der Waals surface area contributed by atoms with Gasteiger partial charge in [0.05, 0.1) is 10.5 Å². The maximum Gasteiger partial charge on any atom is 0.255 e. The minimum atomic E-state index is -3.64. The lowest BCUT2D eigenvalue weighted by Crippen LogP contribution is -2.50. The summed E-state index contributed by atoms with van der Waals surface area (Å²) >= 11 is 0. The number of fused-ring (bicyclic) bond motifs is 1. The topological polar surface area (TPSA) is 99.5 Å². The highest BCUT2D eigenvalue weighted by atomic mass is 32.2. The number of aryl methyl sites for hydroxylation is 1. The van der Waals surface area contributed by atoms with Crippen molar-refractivity contribution >= 4 is 27.0 Å². The van der Waals surface area contributed by atoms with E-state index in [1.807, 2.05) is 0 Å². The normalized spacial score (nSPS) is 16.3. The van der Waals surface area contributed by atoms with Gasteiger partial charge in [0.15, 0.2) is 11.5 Å². The second-order valence-electron chi connectivity index (χ2n) is 6.16. The van der Waals surface area contributed by atoms with E-state index in [4.69, 9.17) is 4.42 Å². The Morgan fingerprint density at radius 2 is 1.96 bits per heavy atom. The Bertz CT molecular complexity index is 1050. The molecule has 0 unspecified atom stereocenters. The second-order valence-corrected chi connectivity index (χ2v) is 8.10. The lowest BCUT2D eigenvalue weighted by Gasteiger charge is -2.33. The van der Waals surface area contributed by atoms with Crippen LogP contribution in [0, 0.1) is 6.92 Å². The van der Waals surface area contributed by atoms with Crippen LogP contribution in [0.1, 0.15) is 16.2 Å². The van der Waals surface area contributed by atoms with E-state index in [1.165, 1.54) is 16.4 Å². The average Bonchev–Trinajstić information content (AvgIpc) is 3.29. The number of carbonyl (C=O) groups excluding carboxylic acids is 1. The van der Waals surface area contributed by atoms with Crippen molar-refractivity contribution in [2.45, 2.75) is 11.8 Å². The highest BCUT2D eigenvalue weighted by molar-refractivity contribution is 7.89. The first-order valence-corrected chi connectivity index (χ1v) is 9.68. The molecular formula is C17H18N4O4S. The Labute approximate surface area is 150 Å². The average molecular weight is 374 g/mol. The number of H-pyrrole nitrogens is 1. The molecule has 2 aromatic heterocycles. The molecule has 0 aliphatic carbocycles. The Morgan fingerprint density at radius 1 is 1.19 bits per heavy atom. The van der Waals surface area contributed by atoms with Gasteiger partial charge in [0.2, 0.25) is 10.0 Å². The van der Waals surface area contributed by atoms with Crippen LogP contribution in [0.3, 0.4) is 0 Å². The van der Waals surface area contributed by atoms with Crippen molar-refractivity contribution in [1.29, 1.82) is 0 Å². The zero-order chi connectivity index (χ0) is 18.3. The van der Waals surface area contributed by atoms with Gasteiger partial charge in [-0.15, -0.1) is 0 Å². The van der Waals surface area contributed by atoms with Gasteiger partial charge in [-0.2, -0.15) is 4.31 Å². The molecule has 0 spiro atoms. The summed E-state index contributed by atoms with van der Waals surface area (Å²) in [7, 11) is -3.64. The number of amides is 1. The molecule has 0 bridgehead atoms. The third-order valence-electron chi connectivity index (χ3n) is 4.47. The van der Waals surface area contributed by atoms with Crippen molar-refractivity contribution in [3.63, 3.8) is 0 Å². The molecule has 4 rings (SSSR count). The molecule has 3 heterocycles. The summed E-state index contributed by atoms with van der Waals surface area (Å²) in [5, 5.41) is 0. The summed E-state index contributed by atoms with van der Waals surface area (Å²) < 4.78 is 32.6. The molecule has 8 nitrogen and oxygen atoms in total. The van der Waals surface area contributed by atoms with Crippen LogP contribution in [-0.4, -0.2) is 59.7 Å². The first kappa shape index (κ1) is 16.8. The van der Waals surface area contributed by atoms with Crippen LogP contribution < -0.4 is 0 Å². The Morgan fingerprint density at radius 3 is 2.65 bits per heavy atom. The van der Waals surface area contributed by atoms with E-state index in [9.17, 15) is 13.2 Å². The minimum absolute atomic E-state index is 0.0946. The fourth-order valence-corrected chi connectivity index (χ4v) is 4.55. The summed E-state index contributed by atoms with van der Waals surface area (Å²) in [6.45, 7) is 2.95. The number of carbonyl (C=O) groups is 1. The Hall–Kier alpha value is -2.65. The molecule has 26 heavy (non-hydrogen) atoms. The molecule has 1 aliphatic heterocycles. The number of nitrogens with zero attached hydrogens (tertiary/aromatic N) is 3. The van der Waals surface area contributed by atoms with E-state index in [0.717, 1.165) is 0 Å². The van der Waals surface area contributed by atoms with Crippen LogP contribution >= 0.6 is 0 Å². The van der Waals surface area contributed by atoms with Crippen LogP contribution in [0.4, 0.5) is 0 Å². The van der Waals surface area contributed by atoms with Crippen molar-refractivity contribution in [2.75, 3.05) is 26.2 Å². The van der Waals surface area contributed by atoms with E-state index >= 15 is 0 Å². The lowest BCUT2D eigenvalue weighted by atomic mass is 10.2. The molecule has 1 aliphatic rings. The number of hydrogen-bond acceptors (Lipinski definition) is 5. The third-order valence-corrected chi connectivity index (χ3v) is 6.37. The first-order chi connectivity index (χ1) is 12.4. The zero-order valence-corrected chi connectivity index (χ0v) is 15.0. The van der Waals surface area contributed by atoms with E-state index in [-0.39, 0.29) is 23.9 Å². The molecule has 0 atom stereocenters. The van der Waals surface area contributed by atoms with Crippen molar-refractivity contribution in [3.05, 3.63) is 48.1 Å². The second kappa shape index (κ2) is 6.26. The number of sulfonamides is 1. The molecule has 3 aromatic rings. The van der Waals surface area contributed by atoms with Gasteiger partial charge in [-0.05, 0) is 24.3 Å². The summed E-state index contributed by atoms with van der Waals surface area (Å²) in [6.07, 6.45) is 3.33. The van der Waals surface area contributed by atoms with Crippen LogP contribution in [0.25, 0.3) is 11.1 Å². The molecule has 1 amide bonds. The van der Waals surface area contributed by atoms with Crippen molar-refractivity contribution < 1.29 is 17.6 Å². The summed E-state index contributed by atoms with van der Waals surface area (Å²) in [5.74, 6) is 0.397. The SMILES string of the molecule is Cc1nc2cc(S(=O)(=O)N3CCN(C(=O)c4cc[nH]c4)CC3)ccc2o1. The van der Waals surface area contributed by atoms with E-state index in [2.05, 4.69) is 9.97 Å². The summed E-state index contributed by atoms with van der Waals surface area (Å²) in [6, 6.07) is 6.38. The molecule has 9 heteroatoms. The van der Waals surface area contributed by atoms with Crippen LogP contribution in [0.15, 0.2) is 46.0 Å². The number of benzene rings is 1. The standard InChI is InChI=1S/C17H18N4O4S/c1-12-19-15-10-14(2-3-16(15)25-12)26(23,24)21-8-6-20(7-9-21)17(22)13-4-5-18-11-13/h2-5,10-11,18H,6-9H2,1H3. The predicted octanol–water partition coefficient (Wildman–Crippen LogP) is 1.61. The largest absolute Gasteiger partial charge is 0.441 e. The molecular weight excluding hydrogens is 356 g/mol. The first-order valence-electron chi connectivity index (χ1n) is 8.24. The maximum absolute atomic E-state index is 12.9. The number of aromatic amines is 1. The van der Waals surface area contributed by atoms with Crippen molar-refractivity contribution in [2.24, 2.45) is 0 Å². The molecule has 0 saturated carbocycles. The van der Waals surface area contributed by atoms with Gasteiger partial charge >= 0.3 is 0 Å². The number of oxazole rings is 1. The van der Waals surface area contributed by atoms with Gasteiger partial charge in [0.25, 0.3) is 5.91 Å². The van der Waals surface area contributed by atoms with E-state index < -0.39 is 10.0 Å². The fourth-order valence-electron chi connectivity index (χ4n) is 3.10. The highest BCUT2D eigenvalue weighted by Gasteiger charge is 2.30. The molecule has 1 fully saturated rings. The van der Waals surface area contributed by atoms with Gasteiger partial charge in [-0.25, -0.2) is 13.4 Å². The Balaban J connectivity index is 1.51. The van der Waals surface area contributed by atoms with Crippen LogP contribution in [-0.2, 0) is 10.0 Å². The number of aromatic nitrogens is 2. The number of nitrogens with one attached hydrogen (secondary N) is 1. The van der Waals surface area contributed by atoms with Crippen LogP contribution in [0.2, 0.25) is 0 Å². The minimum Gasteiger partial charge on any atom is -0.441 e. The monoisotopic (exact) mass is 374 g/mol. The van der Waals surface area contributed by atoms with Crippen LogP contribution in [0.5, 0.6) is 0 Å². The van der Waals surface area contributed by atoms with E-state index in [1.54, 1.807) is 36.4 Å².